The average Bonchev–Trinajstić information content (AvgIpc) is 3.08. The van der Waals surface area contributed by atoms with Crippen molar-refractivity contribution >= 4 is 44.3 Å². The predicted molar refractivity (Wildman–Crippen MR) is 111 cm³/mol. The molecule has 1 aliphatic rings. The van der Waals surface area contributed by atoms with Gasteiger partial charge in [0.1, 0.15) is 5.75 Å². The van der Waals surface area contributed by atoms with Gasteiger partial charge in [-0.3, -0.25) is 9.59 Å². The van der Waals surface area contributed by atoms with Gasteiger partial charge in [0.2, 0.25) is 5.91 Å². The molecule has 0 aliphatic carbocycles. The van der Waals surface area contributed by atoms with Gasteiger partial charge in [-0.15, -0.1) is 0 Å². The fourth-order valence-electron chi connectivity index (χ4n) is 3.51. The highest BCUT2D eigenvalue weighted by Crippen LogP contribution is 2.32. The summed E-state index contributed by atoms with van der Waals surface area (Å²) in [5.41, 5.74) is 3.90. The van der Waals surface area contributed by atoms with Gasteiger partial charge in [-0.05, 0) is 46.3 Å². The fourth-order valence-corrected chi connectivity index (χ4v) is 3.98. The van der Waals surface area contributed by atoms with Crippen molar-refractivity contribution in [2.75, 3.05) is 11.9 Å². The van der Waals surface area contributed by atoms with Crippen molar-refractivity contribution in [3.63, 3.8) is 0 Å². The van der Waals surface area contributed by atoms with Crippen LogP contribution in [0.4, 0.5) is 5.69 Å². The summed E-state index contributed by atoms with van der Waals surface area (Å²) in [5, 5.41) is 13.6. The summed E-state index contributed by atoms with van der Waals surface area (Å²) in [5.74, 6) is -0.704. The highest BCUT2D eigenvalue weighted by Gasteiger charge is 2.25. The number of rotatable bonds is 3. The Balaban J connectivity index is 1.63. The molecule has 3 aromatic rings. The molecule has 2 aromatic carbocycles. The lowest BCUT2D eigenvalue weighted by Crippen LogP contribution is -2.35. The van der Waals surface area contributed by atoms with Gasteiger partial charge in [-0.2, -0.15) is 0 Å². The number of aromatic hydroxyl groups is 1. The van der Waals surface area contributed by atoms with Crippen molar-refractivity contribution in [1.82, 2.24) is 9.88 Å². The maximum absolute atomic E-state index is 13.0. The van der Waals surface area contributed by atoms with Crippen molar-refractivity contribution in [3.05, 3.63) is 70.3 Å². The second kappa shape index (κ2) is 7.16. The summed E-state index contributed by atoms with van der Waals surface area (Å²) in [4.78, 5) is 29.8. The number of fused-ring (bicyclic) bond motifs is 3. The summed E-state index contributed by atoms with van der Waals surface area (Å²) in [6.07, 6.45) is 1.84. The van der Waals surface area contributed by atoms with Crippen molar-refractivity contribution in [3.8, 4) is 5.75 Å². The van der Waals surface area contributed by atoms with Crippen LogP contribution < -0.4 is 5.32 Å². The summed E-state index contributed by atoms with van der Waals surface area (Å²) in [6.45, 7) is 4.48. The Bertz CT molecular complexity index is 1120. The van der Waals surface area contributed by atoms with E-state index in [0.717, 1.165) is 39.1 Å². The Hall–Kier alpha value is -3.06. The molecule has 7 heteroatoms. The molecule has 1 aromatic heterocycles. The number of benzene rings is 2. The molecule has 0 bridgehead atoms. The lowest BCUT2D eigenvalue weighted by molar-refractivity contribution is -0.111. The van der Waals surface area contributed by atoms with E-state index in [1.54, 1.807) is 11.0 Å². The highest BCUT2D eigenvalue weighted by atomic mass is 79.9. The second-order valence-corrected chi connectivity index (χ2v) is 7.50. The van der Waals surface area contributed by atoms with Crippen molar-refractivity contribution in [2.24, 2.45) is 0 Å². The van der Waals surface area contributed by atoms with Crippen LogP contribution in [0.5, 0.6) is 5.75 Å². The van der Waals surface area contributed by atoms with Gasteiger partial charge in [0, 0.05) is 46.2 Å². The van der Waals surface area contributed by atoms with Crippen LogP contribution >= 0.6 is 15.9 Å². The second-order valence-electron chi connectivity index (χ2n) is 6.65. The van der Waals surface area contributed by atoms with E-state index in [2.05, 4.69) is 32.8 Å². The molecular formula is C21H18BrN3O3. The number of hydrogen-bond acceptors (Lipinski definition) is 3. The molecule has 0 atom stereocenters. The maximum Gasteiger partial charge on any atom is 0.254 e. The third kappa shape index (κ3) is 3.18. The monoisotopic (exact) mass is 439 g/mol. The number of H-pyrrole nitrogens is 1. The Kier molecular flexibility index (Phi) is 4.68. The molecule has 4 rings (SSSR count). The number of halogens is 1. The van der Waals surface area contributed by atoms with Gasteiger partial charge in [-0.1, -0.05) is 18.7 Å². The summed E-state index contributed by atoms with van der Waals surface area (Å²) in [6, 6.07) is 10.5. The van der Waals surface area contributed by atoms with Crippen LogP contribution in [0.15, 0.2) is 53.5 Å². The zero-order chi connectivity index (χ0) is 19.8. The lowest BCUT2D eigenvalue weighted by Gasteiger charge is -2.27. The summed E-state index contributed by atoms with van der Waals surface area (Å²) in [7, 11) is 0. The first-order valence-corrected chi connectivity index (χ1v) is 9.61. The van der Waals surface area contributed by atoms with Crippen LogP contribution in [-0.2, 0) is 17.8 Å². The zero-order valence-corrected chi connectivity index (χ0v) is 16.5. The first-order valence-electron chi connectivity index (χ1n) is 8.81. The molecule has 1 aliphatic heterocycles. The summed E-state index contributed by atoms with van der Waals surface area (Å²) < 4.78 is 0.999. The van der Waals surface area contributed by atoms with Crippen LogP contribution in [-0.4, -0.2) is 33.3 Å². The van der Waals surface area contributed by atoms with Crippen molar-refractivity contribution in [1.29, 1.82) is 0 Å². The number of hydrogen-bond donors (Lipinski definition) is 3. The first kappa shape index (κ1) is 18.3. The molecule has 0 saturated heterocycles. The van der Waals surface area contributed by atoms with Gasteiger partial charge >= 0.3 is 0 Å². The van der Waals surface area contributed by atoms with Crippen molar-refractivity contribution < 1.29 is 14.7 Å². The number of para-hydroxylation sites is 1. The van der Waals surface area contributed by atoms with E-state index < -0.39 is 5.91 Å². The number of carbonyl (C=O) groups is 2. The molecule has 0 fully saturated rings. The molecule has 142 valence electrons. The number of anilines is 1. The van der Waals surface area contributed by atoms with E-state index in [-0.39, 0.29) is 17.3 Å². The molecule has 2 heterocycles. The van der Waals surface area contributed by atoms with E-state index in [1.807, 2.05) is 18.2 Å². The third-order valence-corrected chi connectivity index (χ3v) is 5.59. The minimum absolute atomic E-state index is 0.103. The maximum atomic E-state index is 13.0. The van der Waals surface area contributed by atoms with Gasteiger partial charge in [0.05, 0.1) is 11.2 Å². The molecule has 0 spiro atoms. The topological polar surface area (TPSA) is 85.4 Å². The largest absolute Gasteiger partial charge is 0.506 e. The molecule has 3 N–H and O–H groups in total. The Morgan fingerprint density at radius 2 is 2.11 bits per heavy atom. The van der Waals surface area contributed by atoms with Gasteiger partial charge in [0.25, 0.3) is 5.91 Å². The fraction of sp³-hybridized carbons (Fsp3) is 0.143. The van der Waals surface area contributed by atoms with E-state index in [1.165, 1.54) is 12.1 Å². The molecule has 0 saturated carbocycles. The molecule has 6 nitrogen and oxygen atoms in total. The number of phenols is 1. The molecule has 0 radical (unpaired) electrons. The van der Waals surface area contributed by atoms with Crippen LogP contribution in [0.1, 0.15) is 21.6 Å². The minimum Gasteiger partial charge on any atom is -0.506 e. The van der Waals surface area contributed by atoms with Crippen molar-refractivity contribution in [2.45, 2.75) is 13.0 Å². The number of aromatic amines is 1. The molecular weight excluding hydrogens is 422 g/mol. The number of nitrogens with one attached hydrogen (secondary N) is 2. The van der Waals surface area contributed by atoms with Gasteiger partial charge in [-0.25, -0.2) is 0 Å². The standard InChI is InChI=1S/C21H18BrN3O3/c1-2-19(27)23-17-10-12(6-7-18(17)26)21(28)25-9-8-16-14(11-25)13-4-3-5-15(22)20(13)24-16/h2-7,10,24,26H,1,8-9,11H2,(H,23,27). The Morgan fingerprint density at radius 3 is 2.89 bits per heavy atom. The molecule has 0 unspecified atom stereocenters. The number of carbonyl (C=O) groups excluding carboxylic acids is 2. The smallest absolute Gasteiger partial charge is 0.254 e. The lowest BCUT2D eigenvalue weighted by atomic mass is 10.0. The number of phenolic OH excluding ortho intramolecular Hbond substituents is 1. The number of aromatic nitrogens is 1. The van der Waals surface area contributed by atoms with E-state index in [0.29, 0.717) is 18.7 Å². The van der Waals surface area contributed by atoms with Crippen LogP contribution in [0.3, 0.4) is 0 Å². The SMILES string of the molecule is C=CC(=O)Nc1cc(C(=O)N2CCc3[nH]c4c(Br)cccc4c3C2)ccc1O. The van der Waals surface area contributed by atoms with Crippen LogP contribution in [0.2, 0.25) is 0 Å². The molecule has 28 heavy (non-hydrogen) atoms. The van der Waals surface area contributed by atoms with E-state index in [9.17, 15) is 14.7 Å². The minimum atomic E-state index is -0.452. The normalized spacial score (nSPS) is 13.2. The Morgan fingerprint density at radius 1 is 1.29 bits per heavy atom. The van der Waals surface area contributed by atoms with Gasteiger partial charge in [0.15, 0.2) is 0 Å². The Labute approximate surface area is 170 Å². The highest BCUT2D eigenvalue weighted by molar-refractivity contribution is 9.10. The van der Waals surface area contributed by atoms with E-state index >= 15 is 0 Å². The predicted octanol–water partition coefficient (Wildman–Crippen LogP) is 3.96. The average molecular weight is 440 g/mol. The molecule has 2 amide bonds. The van der Waals surface area contributed by atoms with Crippen LogP contribution in [0.25, 0.3) is 10.9 Å². The van der Waals surface area contributed by atoms with E-state index in [4.69, 9.17) is 0 Å². The summed E-state index contributed by atoms with van der Waals surface area (Å²) >= 11 is 3.57. The number of nitrogens with zero attached hydrogens (tertiary/aromatic N) is 1. The zero-order valence-electron chi connectivity index (χ0n) is 15.0. The first-order chi connectivity index (χ1) is 13.5. The third-order valence-electron chi connectivity index (χ3n) is 4.93. The number of amides is 2. The quantitative estimate of drug-likeness (QED) is 0.426. The van der Waals surface area contributed by atoms with Crippen LogP contribution in [0, 0.1) is 0 Å². The van der Waals surface area contributed by atoms with Gasteiger partial charge < -0.3 is 20.3 Å².